The van der Waals surface area contributed by atoms with Gasteiger partial charge in [-0.1, -0.05) is 38.5 Å². The summed E-state index contributed by atoms with van der Waals surface area (Å²) in [5.41, 5.74) is -1.35. The van der Waals surface area contributed by atoms with E-state index in [0.29, 0.717) is 19.1 Å². The Labute approximate surface area is 377 Å². The summed E-state index contributed by atoms with van der Waals surface area (Å²) in [6.07, 6.45) is -3.06. The van der Waals surface area contributed by atoms with Crippen molar-refractivity contribution >= 4 is 36.1 Å². The van der Waals surface area contributed by atoms with Crippen LogP contribution in [-0.4, -0.2) is 153 Å². The molecule has 18 heteroatoms. The van der Waals surface area contributed by atoms with Crippen molar-refractivity contribution in [2.24, 2.45) is 11.8 Å². The largest absolute Gasteiger partial charge is 0.462 e. The average Bonchev–Trinajstić information content (AvgIpc) is 3.17. The first-order valence-electron chi connectivity index (χ1n) is 22.3. The van der Waals surface area contributed by atoms with Gasteiger partial charge in [-0.2, -0.15) is 0 Å². The second kappa shape index (κ2) is 25.8. The van der Waals surface area contributed by atoms with E-state index in [-0.39, 0.29) is 25.7 Å². The maximum atomic E-state index is 13.1. The minimum absolute atomic E-state index is 0.0355. The van der Waals surface area contributed by atoms with Gasteiger partial charge < -0.3 is 62.2 Å². The number of ether oxygens (including phenoxy) is 10. The number of unbranched alkanes of at least 4 members (excludes halogenated alkanes) is 1. The van der Waals surface area contributed by atoms with Crippen LogP contribution in [0.2, 0.25) is 0 Å². The maximum absolute atomic E-state index is 13.1. The molecule has 0 radical (unpaired) electrons. The van der Waals surface area contributed by atoms with E-state index >= 15 is 0 Å². The third kappa shape index (κ3) is 16.0. The van der Waals surface area contributed by atoms with Gasteiger partial charge >= 0.3 is 29.8 Å². The molecule has 2 fully saturated rings. The molecule has 0 saturated carbocycles. The molecule has 0 amide bonds. The molecule has 2 saturated heterocycles. The number of rotatable bonds is 15. The Bertz CT molecular complexity index is 1600. The number of hydrogen-bond acceptors (Lipinski definition) is 18. The van der Waals surface area contributed by atoms with Crippen molar-refractivity contribution in [1.29, 1.82) is 0 Å². The lowest BCUT2D eigenvalue weighted by molar-refractivity contribution is -0.345. The number of aliphatic hydroxyl groups is 1. The monoisotopic (exact) mass is 911 g/mol. The molecule has 64 heavy (non-hydrogen) atoms. The topological polar surface area (TPSA) is 218 Å². The van der Waals surface area contributed by atoms with Crippen LogP contribution in [0.3, 0.4) is 0 Å². The Morgan fingerprint density at radius 3 is 2.19 bits per heavy atom. The molecule has 0 aromatic rings. The van der Waals surface area contributed by atoms with Gasteiger partial charge in [-0.3, -0.25) is 24.0 Å². The summed E-state index contributed by atoms with van der Waals surface area (Å²) in [6, 6.07) is -0.801. The number of aliphatic hydroxyl groups excluding tert-OH is 1. The van der Waals surface area contributed by atoms with Crippen LogP contribution in [0.1, 0.15) is 114 Å². The van der Waals surface area contributed by atoms with Crippen LogP contribution in [0.4, 0.5) is 0 Å². The van der Waals surface area contributed by atoms with Gasteiger partial charge in [-0.15, -0.1) is 0 Å². The molecule has 0 aliphatic carbocycles. The molecular weight excluding hydrogens is 838 g/mol. The van der Waals surface area contributed by atoms with E-state index in [2.05, 4.69) is 0 Å². The molecule has 3 rings (SSSR count). The summed E-state index contributed by atoms with van der Waals surface area (Å²) < 4.78 is 61.2. The number of esters is 5. The standard InChI is InChI=1S/C46H73NO17/c1-13-14-20-36(53)61-44-29(5)57-38(25-46(44,9)64-32(8)51)62-40-28(4)58-45(43(60-31(7)50)39(40)47(10)11)63-41-33(21-22-48)23-26(2)35(59-30(6)49)19-17-15-16-18-27(3)56-37(54)24-34(52)42(41)55-12/h15-17,19,22,26-29,33-35,38-45,52H,13-14,18,20-21,23-25H2,1-12H3/b16-15+,19-17+/t26-,27-,28-,29+,33-,34-,35+,38-,39+,40-,41+,42-,43-,44+,45+,46+/m0/s1. The third-order valence-corrected chi connectivity index (χ3v) is 11.7. The van der Waals surface area contributed by atoms with Crippen LogP contribution in [0.5, 0.6) is 0 Å². The molecule has 0 spiro atoms. The van der Waals surface area contributed by atoms with E-state index in [9.17, 15) is 33.9 Å². The number of nitrogens with zero attached hydrogens (tertiary/aromatic N) is 1. The zero-order valence-electron chi connectivity index (χ0n) is 39.6. The number of aldehydes is 1. The lowest BCUT2D eigenvalue weighted by atomic mass is 9.82. The number of carbonyl (C=O) groups excluding carboxylic acids is 6. The van der Waals surface area contributed by atoms with E-state index in [4.69, 9.17) is 47.4 Å². The van der Waals surface area contributed by atoms with Crippen molar-refractivity contribution in [2.75, 3.05) is 21.2 Å². The smallest absolute Gasteiger partial charge is 0.308 e. The molecule has 1 N–H and O–H groups in total. The molecule has 3 heterocycles. The Kier molecular flexibility index (Phi) is 22.0. The molecular formula is C46H73NO17. The van der Waals surface area contributed by atoms with Crippen LogP contribution in [0.25, 0.3) is 0 Å². The number of likely N-dealkylation sites (N-methyl/N-ethyl adjacent to an activating group) is 1. The molecule has 0 bridgehead atoms. The Morgan fingerprint density at radius 1 is 0.906 bits per heavy atom. The third-order valence-electron chi connectivity index (χ3n) is 11.7. The number of hydrogen-bond donors (Lipinski definition) is 1. The average molecular weight is 912 g/mol. The summed E-state index contributed by atoms with van der Waals surface area (Å²) in [5.74, 6) is -4.08. The first-order chi connectivity index (χ1) is 30.1. The predicted molar refractivity (Wildman–Crippen MR) is 229 cm³/mol. The van der Waals surface area contributed by atoms with Crippen molar-refractivity contribution in [3.8, 4) is 0 Å². The van der Waals surface area contributed by atoms with Gasteiger partial charge in [0.2, 0.25) is 0 Å². The highest BCUT2D eigenvalue weighted by atomic mass is 16.7. The molecule has 0 unspecified atom stereocenters. The highest BCUT2D eigenvalue weighted by Crippen LogP contribution is 2.40. The van der Waals surface area contributed by atoms with Gasteiger partial charge in [0, 0.05) is 53.6 Å². The number of allylic oxidation sites excluding steroid dienone is 2. The number of methoxy groups -OCH3 is 1. The van der Waals surface area contributed by atoms with E-state index in [0.717, 1.165) is 6.42 Å². The first kappa shape index (κ1) is 54.6. The summed E-state index contributed by atoms with van der Waals surface area (Å²) in [6.45, 7) is 14.4. The van der Waals surface area contributed by atoms with Gasteiger partial charge in [-0.25, -0.2) is 0 Å². The van der Waals surface area contributed by atoms with Crippen LogP contribution in [-0.2, 0) is 76.1 Å². The Balaban J connectivity index is 2.08. The number of cyclic esters (lactones) is 1. The SMILES string of the molecule is CCCCC(=O)O[C@@H]1[C@@H](C)O[C@@H](O[C@@H]2[C@@H](N(C)C)[C@H](OC(C)=O)[C@@H](O[C@@H]3[C@@H](CC=O)C[C@H](C)[C@H](OC(C)=O)/C=C/C=C/C[C@H](C)OC(=O)C[C@H](O)[C@@H]3OC)O[C@H]2C)C[C@@]1(C)OC(C)=O. The molecule has 3 aliphatic rings. The summed E-state index contributed by atoms with van der Waals surface area (Å²) in [4.78, 5) is 77.8. The molecule has 0 aromatic heterocycles. The van der Waals surface area contributed by atoms with E-state index in [1.54, 1.807) is 71.0 Å². The minimum Gasteiger partial charge on any atom is -0.462 e. The highest BCUT2D eigenvalue weighted by Gasteiger charge is 2.55. The summed E-state index contributed by atoms with van der Waals surface area (Å²) in [5, 5.41) is 11.7. The molecule has 3 aliphatic heterocycles. The minimum atomic E-state index is -1.51. The first-order valence-corrected chi connectivity index (χ1v) is 22.3. The Morgan fingerprint density at radius 2 is 1.59 bits per heavy atom. The fourth-order valence-electron chi connectivity index (χ4n) is 8.81. The zero-order valence-corrected chi connectivity index (χ0v) is 39.6. The van der Waals surface area contributed by atoms with Crippen molar-refractivity contribution < 1.29 is 81.2 Å². The Hall–Kier alpha value is -3.78. The predicted octanol–water partition coefficient (Wildman–Crippen LogP) is 4.30. The molecule has 18 nitrogen and oxygen atoms in total. The van der Waals surface area contributed by atoms with Gasteiger partial charge in [0.1, 0.15) is 30.7 Å². The van der Waals surface area contributed by atoms with Gasteiger partial charge in [0.15, 0.2) is 30.4 Å². The fourth-order valence-corrected chi connectivity index (χ4v) is 8.81. The fraction of sp³-hybridized carbons (Fsp3) is 0.783. The molecule has 0 aromatic carbocycles. The van der Waals surface area contributed by atoms with Gasteiger partial charge in [-0.05, 0) is 72.5 Å². The van der Waals surface area contributed by atoms with Gasteiger partial charge in [0.05, 0.1) is 36.9 Å². The summed E-state index contributed by atoms with van der Waals surface area (Å²) in [7, 11) is 4.83. The zero-order chi connectivity index (χ0) is 47.9. The number of carbonyl (C=O) groups is 6. The van der Waals surface area contributed by atoms with Crippen molar-refractivity contribution in [2.45, 2.75) is 199 Å². The van der Waals surface area contributed by atoms with Crippen LogP contribution in [0.15, 0.2) is 24.3 Å². The quantitative estimate of drug-likeness (QED) is 0.138. The maximum Gasteiger partial charge on any atom is 0.308 e. The second-order valence-corrected chi connectivity index (χ2v) is 17.6. The second-order valence-electron chi connectivity index (χ2n) is 17.6. The molecule has 16 atom stereocenters. The van der Waals surface area contributed by atoms with Gasteiger partial charge in [0.25, 0.3) is 0 Å². The van der Waals surface area contributed by atoms with Crippen molar-refractivity contribution in [3.63, 3.8) is 0 Å². The van der Waals surface area contributed by atoms with Crippen molar-refractivity contribution in [3.05, 3.63) is 24.3 Å². The lowest BCUT2D eigenvalue weighted by Gasteiger charge is -2.51. The van der Waals surface area contributed by atoms with Crippen molar-refractivity contribution in [1.82, 2.24) is 4.90 Å². The lowest BCUT2D eigenvalue weighted by Crippen LogP contribution is -2.67. The van der Waals surface area contributed by atoms with E-state index in [1.807, 2.05) is 13.8 Å². The molecule has 364 valence electrons. The van der Waals surface area contributed by atoms with Crippen LogP contribution >= 0.6 is 0 Å². The normalized spacial score (nSPS) is 37.7. The van der Waals surface area contributed by atoms with E-state index in [1.165, 1.54) is 27.9 Å². The van der Waals surface area contributed by atoms with Crippen LogP contribution < -0.4 is 0 Å². The van der Waals surface area contributed by atoms with E-state index < -0.39 is 133 Å². The highest BCUT2D eigenvalue weighted by molar-refractivity contribution is 5.71. The van der Waals surface area contributed by atoms with Crippen LogP contribution in [0, 0.1) is 11.8 Å². The summed E-state index contributed by atoms with van der Waals surface area (Å²) >= 11 is 0.